The van der Waals surface area contributed by atoms with Crippen molar-refractivity contribution in [1.82, 2.24) is 25.2 Å². The van der Waals surface area contributed by atoms with Crippen LogP contribution in [0.2, 0.25) is 0 Å². The van der Waals surface area contributed by atoms with E-state index in [1.807, 2.05) is 0 Å². The third-order valence-electron chi connectivity index (χ3n) is 4.38. The number of benzene rings is 2. The molecular formula is C21H16F3N7O2. The average Bonchev–Trinajstić information content (AvgIpc) is 3.21. The third-order valence-corrected chi connectivity index (χ3v) is 4.38. The third kappa shape index (κ3) is 5.42. The standard InChI is InChI=1S/C21H16F3N7O2/c1-31-19(28-29-30-31)18-12-17(9-10-25-18)33-16-7-5-14(6-8-16)26-20(32)27-15-4-2-3-13(11-15)21(22,23)24/h2-12H,1H3,(H2,26,27,32). The summed E-state index contributed by atoms with van der Waals surface area (Å²) < 4.78 is 45.7. The Hall–Kier alpha value is -4.48. The van der Waals surface area contributed by atoms with Gasteiger partial charge in [0.2, 0.25) is 5.82 Å². The Bertz CT molecular complexity index is 1270. The number of ether oxygens (including phenoxy) is 1. The van der Waals surface area contributed by atoms with E-state index in [4.69, 9.17) is 4.74 Å². The SMILES string of the molecule is Cn1nnnc1-c1cc(Oc2ccc(NC(=O)Nc3cccc(C(F)(F)F)c3)cc2)ccn1. The fourth-order valence-electron chi connectivity index (χ4n) is 2.85. The highest BCUT2D eigenvalue weighted by molar-refractivity contribution is 5.99. The summed E-state index contributed by atoms with van der Waals surface area (Å²) in [7, 11) is 1.69. The van der Waals surface area contributed by atoms with Gasteiger partial charge in [0, 0.05) is 30.7 Å². The number of pyridine rings is 1. The number of aromatic nitrogens is 5. The monoisotopic (exact) mass is 455 g/mol. The predicted molar refractivity (Wildman–Crippen MR) is 113 cm³/mol. The lowest BCUT2D eigenvalue weighted by Crippen LogP contribution is -2.19. The summed E-state index contributed by atoms with van der Waals surface area (Å²) in [5.41, 5.74) is 0.127. The minimum Gasteiger partial charge on any atom is -0.457 e. The molecule has 0 aliphatic rings. The summed E-state index contributed by atoms with van der Waals surface area (Å²) >= 11 is 0. The highest BCUT2D eigenvalue weighted by atomic mass is 19.4. The molecule has 2 aromatic carbocycles. The molecule has 0 radical (unpaired) electrons. The smallest absolute Gasteiger partial charge is 0.416 e. The van der Waals surface area contributed by atoms with E-state index >= 15 is 0 Å². The Morgan fingerprint density at radius 2 is 1.73 bits per heavy atom. The van der Waals surface area contributed by atoms with Crippen molar-refractivity contribution in [2.45, 2.75) is 6.18 Å². The normalized spacial score (nSPS) is 11.2. The number of nitrogens with one attached hydrogen (secondary N) is 2. The van der Waals surface area contributed by atoms with E-state index in [0.29, 0.717) is 28.7 Å². The molecule has 0 fully saturated rings. The summed E-state index contributed by atoms with van der Waals surface area (Å²) in [4.78, 5) is 16.4. The Labute approximate surface area is 185 Å². The van der Waals surface area contributed by atoms with Gasteiger partial charge in [-0.2, -0.15) is 13.2 Å². The van der Waals surface area contributed by atoms with Crippen LogP contribution in [0.4, 0.5) is 29.3 Å². The molecule has 0 aliphatic carbocycles. The maximum absolute atomic E-state index is 12.8. The lowest BCUT2D eigenvalue weighted by atomic mass is 10.2. The van der Waals surface area contributed by atoms with Crippen LogP contribution in [0.3, 0.4) is 0 Å². The molecule has 0 saturated heterocycles. The van der Waals surface area contributed by atoms with E-state index in [0.717, 1.165) is 12.1 Å². The van der Waals surface area contributed by atoms with E-state index in [1.165, 1.54) is 16.8 Å². The van der Waals surface area contributed by atoms with Gasteiger partial charge in [0.15, 0.2) is 0 Å². The summed E-state index contributed by atoms with van der Waals surface area (Å²) in [5.74, 6) is 1.48. The van der Waals surface area contributed by atoms with Crippen LogP contribution in [0.25, 0.3) is 11.5 Å². The number of hydrogen-bond donors (Lipinski definition) is 2. The van der Waals surface area contributed by atoms with E-state index in [2.05, 4.69) is 31.1 Å². The molecule has 0 saturated carbocycles. The number of carbonyl (C=O) groups excluding carboxylic acids is 1. The van der Waals surface area contributed by atoms with Gasteiger partial charge < -0.3 is 15.4 Å². The molecule has 33 heavy (non-hydrogen) atoms. The van der Waals surface area contributed by atoms with Gasteiger partial charge in [-0.1, -0.05) is 6.07 Å². The van der Waals surface area contributed by atoms with Crippen molar-refractivity contribution in [2.24, 2.45) is 7.05 Å². The summed E-state index contributed by atoms with van der Waals surface area (Å²) in [6.45, 7) is 0. The number of urea groups is 1. The summed E-state index contributed by atoms with van der Waals surface area (Å²) in [6, 6.07) is 13.5. The molecule has 2 amide bonds. The zero-order chi connectivity index (χ0) is 23.4. The van der Waals surface area contributed by atoms with Gasteiger partial charge in [0.25, 0.3) is 0 Å². The first-order valence-electron chi connectivity index (χ1n) is 9.50. The number of rotatable bonds is 5. The predicted octanol–water partition coefficient (Wildman–Crippen LogP) is 4.73. The first-order valence-corrected chi connectivity index (χ1v) is 9.50. The van der Waals surface area contributed by atoms with Crippen LogP contribution < -0.4 is 15.4 Å². The number of anilines is 2. The molecule has 9 nitrogen and oxygen atoms in total. The van der Waals surface area contributed by atoms with Crippen molar-refractivity contribution < 1.29 is 22.7 Å². The van der Waals surface area contributed by atoms with Crippen LogP contribution in [0, 0.1) is 0 Å². The van der Waals surface area contributed by atoms with Crippen molar-refractivity contribution in [3.05, 3.63) is 72.4 Å². The second kappa shape index (κ2) is 8.94. The lowest BCUT2D eigenvalue weighted by Gasteiger charge is -2.11. The Kier molecular flexibility index (Phi) is 5.89. The van der Waals surface area contributed by atoms with Gasteiger partial charge in [0.05, 0.1) is 5.56 Å². The van der Waals surface area contributed by atoms with Crippen LogP contribution in [0.15, 0.2) is 66.9 Å². The fraction of sp³-hybridized carbons (Fsp3) is 0.0952. The summed E-state index contributed by atoms with van der Waals surface area (Å²) in [6.07, 6.45) is -2.93. The molecule has 0 atom stereocenters. The quantitative estimate of drug-likeness (QED) is 0.451. The first-order chi connectivity index (χ1) is 15.8. The molecule has 2 aromatic heterocycles. The molecule has 12 heteroatoms. The average molecular weight is 455 g/mol. The molecule has 0 unspecified atom stereocenters. The maximum Gasteiger partial charge on any atom is 0.416 e. The Morgan fingerprint density at radius 1 is 0.970 bits per heavy atom. The van der Waals surface area contributed by atoms with Gasteiger partial charge in [-0.05, 0) is 59.0 Å². The molecule has 2 N–H and O–H groups in total. The molecule has 0 aliphatic heterocycles. The first kappa shape index (κ1) is 21.7. The number of tetrazole rings is 1. The molecule has 0 bridgehead atoms. The second-order valence-corrected chi connectivity index (χ2v) is 6.79. The van der Waals surface area contributed by atoms with Crippen LogP contribution in [-0.2, 0) is 13.2 Å². The number of hydrogen-bond acceptors (Lipinski definition) is 6. The van der Waals surface area contributed by atoms with Gasteiger partial charge in [0.1, 0.15) is 17.2 Å². The van der Waals surface area contributed by atoms with Gasteiger partial charge in [-0.15, -0.1) is 5.10 Å². The number of halogens is 3. The number of alkyl halides is 3. The highest BCUT2D eigenvalue weighted by Gasteiger charge is 2.30. The largest absolute Gasteiger partial charge is 0.457 e. The van der Waals surface area contributed by atoms with E-state index in [9.17, 15) is 18.0 Å². The maximum atomic E-state index is 12.8. The zero-order valence-corrected chi connectivity index (χ0v) is 17.0. The molecule has 4 rings (SSSR count). The molecule has 4 aromatic rings. The summed E-state index contributed by atoms with van der Waals surface area (Å²) in [5, 5.41) is 16.2. The van der Waals surface area contributed by atoms with Crippen molar-refractivity contribution in [3.63, 3.8) is 0 Å². The number of nitrogens with zero attached hydrogens (tertiary/aromatic N) is 5. The van der Waals surface area contributed by atoms with Crippen LogP contribution in [-0.4, -0.2) is 31.2 Å². The van der Waals surface area contributed by atoms with Crippen LogP contribution in [0.1, 0.15) is 5.56 Å². The molecular weight excluding hydrogens is 439 g/mol. The Balaban J connectivity index is 1.38. The zero-order valence-electron chi connectivity index (χ0n) is 17.0. The van der Waals surface area contributed by atoms with E-state index < -0.39 is 17.8 Å². The number of aryl methyl sites for hydroxylation is 1. The lowest BCUT2D eigenvalue weighted by molar-refractivity contribution is -0.137. The van der Waals surface area contributed by atoms with Crippen molar-refractivity contribution in [2.75, 3.05) is 10.6 Å². The topological polar surface area (TPSA) is 107 Å². The molecule has 2 heterocycles. The van der Waals surface area contributed by atoms with Crippen molar-refractivity contribution in [3.8, 4) is 23.0 Å². The van der Waals surface area contributed by atoms with Crippen molar-refractivity contribution in [1.29, 1.82) is 0 Å². The van der Waals surface area contributed by atoms with Gasteiger partial charge in [-0.3, -0.25) is 4.98 Å². The molecule has 168 valence electrons. The van der Waals surface area contributed by atoms with Crippen LogP contribution >= 0.6 is 0 Å². The van der Waals surface area contributed by atoms with E-state index in [-0.39, 0.29) is 5.69 Å². The minimum atomic E-state index is -4.50. The number of amides is 2. The minimum absolute atomic E-state index is 0.0221. The number of carbonyl (C=O) groups is 1. The second-order valence-electron chi connectivity index (χ2n) is 6.79. The molecule has 0 spiro atoms. The van der Waals surface area contributed by atoms with Crippen molar-refractivity contribution >= 4 is 17.4 Å². The van der Waals surface area contributed by atoms with Gasteiger partial charge >= 0.3 is 12.2 Å². The Morgan fingerprint density at radius 3 is 2.42 bits per heavy atom. The van der Waals surface area contributed by atoms with Crippen LogP contribution in [0.5, 0.6) is 11.5 Å². The van der Waals surface area contributed by atoms with Gasteiger partial charge in [-0.25, -0.2) is 9.48 Å². The van der Waals surface area contributed by atoms with E-state index in [1.54, 1.807) is 49.6 Å². The fourth-order valence-corrected chi connectivity index (χ4v) is 2.85. The highest BCUT2D eigenvalue weighted by Crippen LogP contribution is 2.31.